The van der Waals surface area contributed by atoms with Crippen LogP contribution in [-0.2, 0) is 0 Å². The van der Waals surface area contributed by atoms with Gasteiger partial charge in [0.05, 0.1) is 12.1 Å². The summed E-state index contributed by atoms with van der Waals surface area (Å²) in [6, 6.07) is 11.8. The first-order valence-electron chi connectivity index (χ1n) is 6.93. The summed E-state index contributed by atoms with van der Waals surface area (Å²) in [6.45, 7) is 8.01. The molecule has 0 aliphatic rings. The first-order chi connectivity index (χ1) is 9.47. The molecule has 2 rings (SSSR count). The van der Waals surface area contributed by atoms with Crippen LogP contribution in [0.4, 0.5) is 0 Å². The lowest BCUT2D eigenvalue weighted by Crippen LogP contribution is -2.14. The van der Waals surface area contributed by atoms with Gasteiger partial charge in [-0.15, -0.1) is 0 Å². The lowest BCUT2D eigenvalue weighted by atomic mass is 9.98. The summed E-state index contributed by atoms with van der Waals surface area (Å²) >= 11 is 0. The van der Waals surface area contributed by atoms with Gasteiger partial charge < -0.3 is 10.5 Å². The maximum absolute atomic E-state index is 6.37. The molecule has 2 aromatic rings. The summed E-state index contributed by atoms with van der Waals surface area (Å²) in [5.41, 5.74) is 10.5. The lowest BCUT2D eigenvalue weighted by molar-refractivity contribution is 0.242. The van der Waals surface area contributed by atoms with Crippen molar-refractivity contribution in [1.29, 1.82) is 0 Å². The highest BCUT2D eigenvalue weighted by atomic mass is 16.5. The van der Waals surface area contributed by atoms with E-state index in [0.29, 0.717) is 0 Å². The van der Waals surface area contributed by atoms with Gasteiger partial charge in [0.2, 0.25) is 0 Å². The fraction of sp³-hybridized carbons (Fsp3) is 0.353. The van der Waals surface area contributed by atoms with Gasteiger partial charge in [0, 0.05) is 11.4 Å². The number of nitrogens with two attached hydrogens (primary N) is 1. The summed E-state index contributed by atoms with van der Waals surface area (Å²) in [5.74, 6) is 0.852. The van der Waals surface area contributed by atoms with Crippen LogP contribution in [0.15, 0.2) is 36.4 Å². The number of hydrogen-bond acceptors (Lipinski definition) is 3. The molecule has 0 radical (unpaired) electrons. The van der Waals surface area contributed by atoms with Crippen LogP contribution in [0.2, 0.25) is 0 Å². The number of aryl methyl sites for hydroxylation is 2. The molecular formula is C17H22N2O. The second-order valence-electron chi connectivity index (χ2n) is 5.34. The fourth-order valence-electron chi connectivity index (χ4n) is 2.26. The Labute approximate surface area is 120 Å². The first kappa shape index (κ1) is 14.5. The largest absolute Gasteiger partial charge is 0.491 e. The summed E-state index contributed by atoms with van der Waals surface area (Å²) in [6.07, 6.45) is 0.157. The van der Waals surface area contributed by atoms with Crippen LogP contribution in [0.25, 0.3) is 0 Å². The van der Waals surface area contributed by atoms with E-state index in [0.717, 1.165) is 28.3 Å². The summed E-state index contributed by atoms with van der Waals surface area (Å²) in [4.78, 5) is 4.48. The maximum Gasteiger partial charge on any atom is 0.120 e. The highest BCUT2D eigenvalue weighted by molar-refractivity contribution is 5.38. The van der Waals surface area contributed by atoms with E-state index in [1.807, 2.05) is 58.0 Å². The predicted octanol–water partition coefficient (Wildman–Crippen LogP) is 3.53. The molecule has 0 aliphatic heterocycles. The zero-order chi connectivity index (χ0) is 14.7. The molecule has 1 aromatic carbocycles. The number of pyridine rings is 1. The van der Waals surface area contributed by atoms with E-state index in [1.165, 1.54) is 0 Å². The van der Waals surface area contributed by atoms with E-state index in [1.54, 1.807) is 0 Å². The van der Waals surface area contributed by atoms with E-state index in [4.69, 9.17) is 10.5 Å². The molecule has 1 heterocycles. The van der Waals surface area contributed by atoms with Crippen LogP contribution in [0.1, 0.15) is 42.4 Å². The van der Waals surface area contributed by atoms with Crippen molar-refractivity contribution in [3.63, 3.8) is 0 Å². The van der Waals surface area contributed by atoms with Crippen LogP contribution >= 0.6 is 0 Å². The maximum atomic E-state index is 6.37. The molecule has 106 valence electrons. The second-order valence-corrected chi connectivity index (χ2v) is 5.34. The molecule has 0 amide bonds. The molecular weight excluding hydrogens is 248 g/mol. The van der Waals surface area contributed by atoms with Crippen molar-refractivity contribution in [3.05, 3.63) is 58.9 Å². The van der Waals surface area contributed by atoms with Gasteiger partial charge in [-0.2, -0.15) is 0 Å². The third kappa shape index (κ3) is 3.36. The molecule has 0 spiro atoms. The van der Waals surface area contributed by atoms with E-state index < -0.39 is 0 Å². The Morgan fingerprint density at radius 1 is 1.10 bits per heavy atom. The van der Waals surface area contributed by atoms with E-state index in [9.17, 15) is 0 Å². The normalized spacial score (nSPS) is 12.5. The number of benzene rings is 1. The van der Waals surface area contributed by atoms with E-state index >= 15 is 0 Å². The predicted molar refractivity (Wildman–Crippen MR) is 81.9 cm³/mol. The van der Waals surface area contributed by atoms with E-state index in [2.05, 4.69) is 11.1 Å². The van der Waals surface area contributed by atoms with Crippen molar-refractivity contribution in [3.8, 4) is 5.75 Å². The Bertz CT molecular complexity index is 593. The molecule has 0 saturated carbocycles. The van der Waals surface area contributed by atoms with Crippen molar-refractivity contribution in [2.75, 3.05) is 0 Å². The highest BCUT2D eigenvalue weighted by Gasteiger charge is 2.13. The topological polar surface area (TPSA) is 48.1 Å². The molecule has 0 bridgehead atoms. The Morgan fingerprint density at radius 2 is 1.85 bits per heavy atom. The standard InChI is InChI=1S/C17H22N2O/c1-11(2)20-15-7-5-6-14(10-15)17(18)16-9-8-12(3)19-13(16)4/h5-11,17H,18H2,1-4H3. The average molecular weight is 270 g/mol. The minimum Gasteiger partial charge on any atom is -0.491 e. The molecule has 0 aliphatic carbocycles. The van der Waals surface area contributed by atoms with Gasteiger partial charge in [0.25, 0.3) is 0 Å². The van der Waals surface area contributed by atoms with E-state index in [-0.39, 0.29) is 12.1 Å². The SMILES string of the molecule is Cc1ccc(C(N)c2cccc(OC(C)C)c2)c(C)n1. The van der Waals surface area contributed by atoms with Crippen LogP contribution in [-0.4, -0.2) is 11.1 Å². The summed E-state index contributed by atoms with van der Waals surface area (Å²) < 4.78 is 5.72. The summed E-state index contributed by atoms with van der Waals surface area (Å²) in [5, 5.41) is 0. The fourth-order valence-corrected chi connectivity index (χ4v) is 2.26. The number of aromatic nitrogens is 1. The van der Waals surface area contributed by atoms with Crippen LogP contribution < -0.4 is 10.5 Å². The Kier molecular flexibility index (Phi) is 4.40. The highest BCUT2D eigenvalue weighted by Crippen LogP contribution is 2.25. The minimum atomic E-state index is -0.182. The number of ether oxygens (including phenoxy) is 1. The number of rotatable bonds is 4. The molecule has 1 aromatic heterocycles. The third-order valence-electron chi connectivity index (χ3n) is 3.19. The van der Waals surface area contributed by atoms with Gasteiger partial charge in [0.1, 0.15) is 5.75 Å². The molecule has 1 unspecified atom stereocenters. The zero-order valence-electron chi connectivity index (χ0n) is 12.6. The third-order valence-corrected chi connectivity index (χ3v) is 3.19. The van der Waals surface area contributed by atoms with Crippen molar-refractivity contribution < 1.29 is 4.74 Å². The summed E-state index contributed by atoms with van der Waals surface area (Å²) in [7, 11) is 0. The lowest BCUT2D eigenvalue weighted by Gasteiger charge is -2.17. The Morgan fingerprint density at radius 3 is 2.50 bits per heavy atom. The second kappa shape index (κ2) is 6.06. The molecule has 0 saturated heterocycles. The molecule has 20 heavy (non-hydrogen) atoms. The number of nitrogens with zero attached hydrogens (tertiary/aromatic N) is 1. The smallest absolute Gasteiger partial charge is 0.120 e. The monoisotopic (exact) mass is 270 g/mol. The number of hydrogen-bond donors (Lipinski definition) is 1. The Hall–Kier alpha value is -1.87. The van der Waals surface area contributed by atoms with Crippen LogP contribution in [0.5, 0.6) is 5.75 Å². The molecule has 0 fully saturated rings. The minimum absolute atomic E-state index is 0.157. The molecule has 3 nitrogen and oxygen atoms in total. The van der Waals surface area contributed by atoms with Gasteiger partial charge >= 0.3 is 0 Å². The van der Waals surface area contributed by atoms with Crippen molar-refractivity contribution >= 4 is 0 Å². The molecule has 1 atom stereocenters. The molecule has 2 N–H and O–H groups in total. The van der Waals surface area contributed by atoms with Crippen molar-refractivity contribution in [2.24, 2.45) is 5.73 Å². The van der Waals surface area contributed by atoms with Gasteiger partial charge in [-0.3, -0.25) is 4.98 Å². The van der Waals surface area contributed by atoms with Crippen molar-refractivity contribution in [2.45, 2.75) is 39.8 Å². The quantitative estimate of drug-likeness (QED) is 0.924. The van der Waals surface area contributed by atoms with Gasteiger partial charge in [-0.05, 0) is 57.0 Å². The molecule has 3 heteroatoms. The van der Waals surface area contributed by atoms with Crippen molar-refractivity contribution in [1.82, 2.24) is 4.98 Å². The first-order valence-corrected chi connectivity index (χ1v) is 6.93. The Balaban J connectivity index is 2.30. The van der Waals surface area contributed by atoms with Crippen LogP contribution in [0, 0.1) is 13.8 Å². The average Bonchev–Trinajstić information content (AvgIpc) is 2.37. The zero-order valence-corrected chi connectivity index (χ0v) is 12.6. The van der Waals surface area contributed by atoms with Gasteiger partial charge in [-0.25, -0.2) is 0 Å². The van der Waals surface area contributed by atoms with Gasteiger partial charge in [-0.1, -0.05) is 18.2 Å². The van der Waals surface area contributed by atoms with Gasteiger partial charge in [0.15, 0.2) is 0 Å². The van der Waals surface area contributed by atoms with Crippen LogP contribution in [0.3, 0.4) is 0 Å².